The average molecular weight is 322 g/mol. The molecule has 0 saturated heterocycles. The number of sulfonamides is 1. The summed E-state index contributed by atoms with van der Waals surface area (Å²) >= 11 is 1.42. The van der Waals surface area contributed by atoms with Crippen LogP contribution in [0.2, 0.25) is 0 Å². The minimum Gasteiger partial charge on any atom is -0.397 e. The second kappa shape index (κ2) is 6.09. The van der Waals surface area contributed by atoms with E-state index in [9.17, 15) is 8.42 Å². The summed E-state index contributed by atoms with van der Waals surface area (Å²) in [6, 6.07) is 13.0. The van der Waals surface area contributed by atoms with Crippen LogP contribution in [0.15, 0.2) is 57.2 Å². The molecule has 0 atom stereocenters. The van der Waals surface area contributed by atoms with Crippen LogP contribution in [0.25, 0.3) is 0 Å². The topological polar surface area (TPSA) is 86.2 Å². The summed E-state index contributed by atoms with van der Waals surface area (Å²) in [4.78, 5) is 1.64. The number of hydrogen-bond donors (Lipinski definition) is 2. The SMILES string of the molecule is CC(C)c1ccc(Sc2cccc(S(N)(=O)=O)c2N)cc1. The van der Waals surface area contributed by atoms with Gasteiger partial charge in [0.25, 0.3) is 0 Å². The lowest BCUT2D eigenvalue weighted by Crippen LogP contribution is -2.14. The molecule has 4 nitrogen and oxygen atoms in total. The van der Waals surface area contributed by atoms with Crippen LogP contribution in [0.5, 0.6) is 0 Å². The van der Waals surface area contributed by atoms with E-state index in [1.807, 2.05) is 12.1 Å². The molecule has 0 aromatic heterocycles. The lowest BCUT2D eigenvalue weighted by molar-refractivity contribution is 0.598. The van der Waals surface area contributed by atoms with Crippen molar-refractivity contribution >= 4 is 27.5 Å². The van der Waals surface area contributed by atoms with Crippen LogP contribution in [-0.4, -0.2) is 8.42 Å². The Morgan fingerprint density at radius 3 is 2.19 bits per heavy atom. The normalized spacial score (nSPS) is 11.8. The van der Waals surface area contributed by atoms with Crippen molar-refractivity contribution in [2.45, 2.75) is 34.5 Å². The van der Waals surface area contributed by atoms with Gasteiger partial charge in [0, 0.05) is 9.79 Å². The molecule has 0 aliphatic rings. The summed E-state index contributed by atoms with van der Waals surface area (Å²) in [7, 11) is -3.80. The summed E-state index contributed by atoms with van der Waals surface area (Å²) in [5.41, 5.74) is 7.36. The quantitative estimate of drug-likeness (QED) is 0.846. The van der Waals surface area contributed by atoms with E-state index < -0.39 is 10.0 Å². The molecule has 2 rings (SSSR count). The van der Waals surface area contributed by atoms with Crippen molar-refractivity contribution in [2.75, 3.05) is 5.73 Å². The van der Waals surface area contributed by atoms with Gasteiger partial charge in [-0.15, -0.1) is 0 Å². The fourth-order valence-electron chi connectivity index (χ4n) is 1.91. The molecule has 0 amide bonds. The molecule has 21 heavy (non-hydrogen) atoms. The fourth-order valence-corrected chi connectivity index (χ4v) is 3.55. The monoisotopic (exact) mass is 322 g/mol. The zero-order valence-corrected chi connectivity index (χ0v) is 13.5. The number of anilines is 1. The molecular formula is C15H18N2O2S2. The van der Waals surface area contributed by atoms with E-state index in [0.29, 0.717) is 10.8 Å². The molecule has 2 aromatic carbocycles. The minimum atomic E-state index is -3.80. The summed E-state index contributed by atoms with van der Waals surface area (Å²) in [6.45, 7) is 4.27. The van der Waals surface area contributed by atoms with Gasteiger partial charge in [-0.1, -0.05) is 43.8 Å². The maximum Gasteiger partial charge on any atom is 0.240 e. The first kappa shape index (κ1) is 15.9. The third-order valence-electron chi connectivity index (χ3n) is 3.11. The van der Waals surface area contributed by atoms with E-state index in [1.54, 1.807) is 12.1 Å². The molecular weight excluding hydrogens is 304 g/mol. The van der Waals surface area contributed by atoms with Gasteiger partial charge in [-0.25, -0.2) is 13.6 Å². The Kier molecular flexibility index (Phi) is 4.61. The molecule has 6 heteroatoms. The summed E-state index contributed by atoms with van der Waals surface area (Å²) in [5, 5.41) is 5.16. The maximum absolute atomic E-state index is 11.5. The molecule has 0 radical (unpaired) electrons. The molecule has 0 heterocycles. The summed E-state index contributed by atoms with van der Waals surface area (Å²) < 4.78 is 22.9. The van der Waals surface area contributed by atoms with E-state index in [1.165, 1.54) is 23.4 Å². The first-order valence-electron chi connectivity index (χ1n) is 6.48. The smallest absolute Gasteiger partial charge is 0.240 e. The summed E-state index contributed by atoms with van der Waals surface area (Å²) in [6.07, 6.45) is 0. The molecule has 0 spiro atoms. The first-order valence-corrected chi connectivity index (χ1v) is 8.84. The summed E-state index contributed by atoms with van der Waals surface area (Å²) in [5.74, 6) is 0.472. The van der Waals surface area contributed by atoms with Crippen LogP contribution in [0.3, 0.4) is 0 Å². The van der Waals surface area contributed by atoms with E-state index >= 15 is 0 Å². The molecule has 4 N–H and O–H groups in total. The van der Waals surface area contributed by atoms with E-state index in [0.717, 1.165) is 4.90 Å². The van der Waals surface area contributed by atoms with Crippen LogP contribution in [-0.2, 0) is 10.0 Å². The van der Waals surface area contributed by atoms with Crippen LogP contribution in [0.1, 0.15) is 25.3 Å². The Hall–Kier alpha value is -1.50. The van der Waals surface area contributed by atoms with E-state index in [4.69, 9.17) is 10.9 Å². The van der Waals surface area contributed by atoms with Crippen molar-refractivity contribution in [3.05, 3.63) is 48.0 Å². The molecule has 0 aliphatic heterocycles. The lowest BCUT2D eigenvalue weighted by atomic mass is 10.0. The molecule has 2 aromatic rings. The van der Waals surface area contributed by atoms with Gasteiger partial charge in [-0.05, 0) is 35.7 Å². The van der Waals surface area contributed by atoms with Gasteiger partial charge in [-0.2, -0.15) is 0 Å². The third-order valence-corrected chi connectivity index (χ3v) is 5.16. The highest BCUT2D eigenvalue weighted by Gasteiger charge is 2.15. The van der Waals surface area contributed by atoms with E-state index in [-0.39, 0.29) is 10.6 Å². The predicted octanol–water partition coefficient (Wildman–Crippen LogP) is 3.19. The molecule has 0 unspecified atom stereocenters. The van der Waals surface area contributed by atoms with Gasteiger partial charge in [0.05, 0.1) is 5.69 Å². The lowest BCUT2D eigenvalue weighted by Gasteiger charge is -2.10. The predicted molar refractivity (Wildman–Crippen MR) is 86.9 cm³/mol. The highest BCUT2D eigenvalue weighted by molar-refractivity contribution is 7.99. The maximum atomic E-state index is 11.5. The fraction of sp³-hybridized carbons (Fsp3) is 0.200. The number of para-hydroxylation sites is 1. The van der Waals surface area contributed by atoms with Gasteiger partial charge < -0.3 is 5.73 Å². The zero-order valence-electron chi connectivity index (χ0n) is 11.9. The Bertz CT molecular complexity index is 739. The molecule has 112 valence electrons. The van der Waals surface area contributed by atoms with Crippen LogP contribution in [0.4, 0.5) is 5.69 Å². The molecule has 0 fully saturated rings. The number of primary sulfonamides is 1. The second-order valence-electron chi connectivity index (χ2n) is 5.04. The van der Waals surface area contributed by atoms with Crippen molar-refractivity contribution in [3.8, 4) is 0 Å². The number of hydrogen-bond acceptors (Lipinski definition) is 4. The first-order chi connectivity index (χ1) is 9.79. The Balaban J connectivity index is 2.32. The van der Waals surface area contributed by atoms with Crippen LogP contribution < -0.4 is 10.9 Å². The van der Waals surface area contributed by atoms with Gasteiger partial charge in [-0.3, -0.25) is 0 Å². The standard InChI is InChI=1S/C15H18N2O2S2/c1-10(2)11-6-8-12(9-7-11)20-13-4-3-5-14(15(13)16)21(17,18)19/h3-10H,16H2,1-2H3,(H2,17,18,19). The molecule has 0 bridgehead atoms. The largest absolute Gasteiger partial charge is 0.397 e. The minimum absolute atomic E-state index is 0.0358. The third kappa shape index (κ3) is 3.78. The highest BCUT2D eigenvalue weighted by Crippen LogP contribution is 2.35. The number of rotatable bonds is 4. The van der Waals surface area contributed by atoms with Gasteiger partial charge in [0.2, 0.25) is 10.0 Å². The van der Waals surface area contributed by atoms with Gasteiger partial charge in [0.15, 0.2) is 0 Å². The second-order valence-corrected chi connectivity index (χ2v) is 7.68. The number of nitrogen functional groups attached to an aromatic ring is 1. The van der Waals surface area contributed by atoms with Crippen molar-refractivity contribution in [1.29, 1.82) is 0 Å². The van der Waals surface area contributed by atoms with Crippen molar-refractivity contribution < 1.29 is 8.42 Å². The van der Waals surface area contributed by atoms with Crippen molar-refractivity contribution in [3.63, 3.8) is 0 Å². The molecule has 0 aliphatic carbocycles. The molecule has 0 saturated carbocycles. The van der Waals surface area contributed by atoms with E-state index in [2.05, 4.69) is 26.0 Å². The average Bonchev–Trinajstić information content (AvgIpc) is 2.40. The Labute approximate surface area is 129 Å². The Morgan fingerprint density at radius 1 is 1.05 bits per heavy atom. The number of nitrogens with two attached hydrogens (primary N) is 2. The van der Waals surface area contributed by atoms with Crippen molar-refractivity contribution in [2.24, 2.45) is 5.14 Å². The Morgan fingerprint density at radius 2 is 1.67 bits per heavy atom. The van der Waals surface area contributed by atoms with Crippen molar-refractivity contribution in [1.82, 2.24) is 0 Å². The van der Waals surface area contributed by atoms with Gasteiger partial charge in [0.1, 0.15) is 4.90 Å². The number of benzene rings is 2. The highest BCUT2D eigenvalue weighted by atomic mass is 32.2. The van der Waals surface area contributed by atoms with Crippen LogP contribution in [0, 0.1) is 0 Å². The van der Waals surface area contributed by atoms with Gasteiger partial charge >= 0.3 is 0 Å². The zero-order chi connectivity index (χ0) is 15.6. The van der Waals surface area contributed by atoms with Crippen LogP contribution >= 0.6 is 11.8 Å².